The van der Waals surface area contributed by atoms with Gasteiger partial charge in [0, 0.05) is 5.56 Å². The number of aliphatic carboxylic acids is 1. The molecule has 35 heavy (non-hydrogen) atoms. The second-order valence-electron chi connectivity index (χ2n) is 10.7. The Balaban J connectivity index is 1.95. The lowest BCUT2D eigenvalue weighted by Crippen LogP contribution is -2.37. The van der Waals surface area contributed by atoms with Crippen molar-refractivity contribution in [2.75, 3.05) is 6.61 Å². The first-order valence-electron chi connectivity index (χ1n) is 13.0. The largest absolute Gasteiger partial charge is 0.487 e. The van der Waals surface area contributed by atoms with Crippen LogP contribution in [0.1, 0.15) is 102 Å². The molecule has 1 aromatic rings. The third kappa shape index (κ3) is 8.59. The average molecular weight is 483 g/mol. The first kappa shape index (κ1) is 28.7. The van der Waals surface area contributed by atoms with Crippen LogP contribution in [0.5, 0.6) is 11.5 Å². The summed E-state index contributed by atoms with van der Waals surface area (Å²) in [6.45, 7) is 16.7. The Hall–Kier alpha value is -2.49. The van der Waals surface area contributed by atoms with Gasteiger partial charge in [0.15, 0.2) is 6.61 Å². The van der Waals surface area contributed by atoms with E-state index in [1.165, 1.54) is 16.7 Å². The number of benzene rings is 1. The van der Waals surface area contributed by atoms with Gasteiger partial charge in [0.25, 0.3) is 0 Å². The van der Waals surface area contributed by atoms with Crippen LogP contribution < -0.4 is 9.47 Å². The first-order chi connectivity index (χ1) is 16.4. The quantitative estimate of drug-likeness (QED) is 0.304. The zero-order valence-corrected chi connectivity index (χ0v) is 23.3. The van der Waals surface area contributed by atoms with Crippen molar-refractivity contribution in [3.05, 3.63) is 57.2 Å². The molecule has 0 aromatic heterocycles. The normalized spacial score (nSPS) is 18.1. The Bertz CT molecular complexity index is 992. The molecule has 0 saturated heterocycles. The van der Waals surface area contributed by atoms with Crippen molar-refractivity contribution < 1.29 is 19.4 Å². The van der Waals surface area contributed by atoms with Crippen LogP contribution in [0, 0.1) is 20.8 Å². The van der Waals surface area contributed by atoms with Crippen molar-refractivity contribution >= 4 is 5.97 Å². The maximum absolute atomic E-state index is 11.0. The van der Waals surface area contributed by atoms with Crippen LogP contribution in [0.3, 0.4) is 0 Å². The number of carbonyl (C=O) groups is 1. The monoisotopic (exact) mass is 482 g/mol. The number of carboxylic acids is 1. The predicted octanol–water partition coefficient (Wildman–Crippen LogP) is 8.36. The molecule has 0 fully saturated rings. The van der Waals surface area contributed by atoms with Gasteiger partial charge in [0.2, 0.25) is 0 Å². The lowest BCUT2D eigenvalue weighted by Gasteiger charge is -2.38. The van der Waals surface area contributed by atoms with E-state index >= 15 is 0 Å². The lowest BCUT2D eigenvalue weighted by atomic mass is 9.85. The third-order valence-corrected chi connectivity index (χ3v) is 7.19. The molecule has 194 valence electrons. The zero-order chi connectivity index (χ0) is 26.2. The minimum atomic E-state index is -0.961. The maximum atomic E-state index is 11.0. The van der Waals surface area contributed by atoms with Crippen LogP contribution in [0.4, 0.5) is 0 Å². The van der Waals surface area contributed by atoms with Gasteiger partial charge in [0.1, 0.15) is 17.1 Å². The molecule has 4 nitrogen and oxygen atoms in total. The molecule has 0 spiro atoms. The molecule has 0 amide bonds. The summed E-state index contributed by atoms with van der Waals surface area (Å²) in [5.41, 5.74) is 8.30. The summed E-state index contributed by atoms with van der Waals surface area (Å²) in [6, 6.07) is 0. The fourth-order valence-corrected chi connectivity index (χ4v) is 4.77. The molecule has 0 saturated carbocycles. The van der Waals surface area contributed by atoms with E-state index in [9.17, 15) is 4.79 Å². The third-order valence-electron chi connectivity index (χ3n) is 7.19. The lowest BCUT2D eigenvalue weighted by molar-refractivity contribution is -0.139. The number of hydrogen-bond donors (Lipinski definition) is 1. The van der Waals surface area contributed by atoms with Crippen molar-refractivity contribution in [1.29, 1.82) is 0 Å². The van der Waals surface area contributed by atoms with Crippen LogP contribution in [0.25, 0.3) is 0 Å². The van der Waals surface area contributed by atoms with Gasteiger partial charge in [-0.1, -0.05) is 34.9 Å². The van der Waals surface area contributed by atoms with Gasteiger partial charge < -0.3 is 14.6 Å². The van der Waals surface area contributed by atoms with Gasteiger partial charge in [-0.15, -0.1) is 0 Å². The number of rotatable bonds is 12. The van der Waals surface area contributed by atoms with Crippen molar-refractivity contribution in [3.63, 3.8) is 0 Å². The summed E-state index contributed by atoms with van der Waals surface area (Å²) >= 11 is 0. The van der Waals surface area contributed by atoms with Gasteiger partial charge in [-0.3, -0.25) is 0 Å². The fraction of sp³-hybridized carbons (Fsp3) is 0.581. The maximum Gasteiger partial charge on any atom is 0.341 e. The second kappa shape index (κ2) is 13.0. The molecule has 0 aliphatic carbocycles. The summed E-state index contributed by atoms with van der Waals surface area (Å²) in [7, 11) is 0. The molecule has 1 heterocycles. The summed E-state index contributed by atoms with van der Waals surface area (Å²) in [4.78, 5) is 11.0. The molecular formula is C31H46O4. The highest BCUT2D eigenvalue weighted by atomic mass is 16.5. The second-order valence-corrected chi connectivity index (χ2v) is 10.7. The van der Waals surface area contributed by atoms with Gasteiger partial charge >= 0.3 is 5.97 Å². The van der Waals surface area contributed by atoms with Gasteiger partial charge in [-0.25, -0.2) is 4.79 Å². The number of fused-ring (bicyclic) bond motifs is 1. The fourth-order valence-electron chi connectivity index (χ4n) is 4.77. The predicted molar refractivity (Wildman–Crippen MR) is 146 cm³/mol. The highest BCUT2D eigenvalue weighted by Gasteiger charge is 2.34. The van der Waals surface area contributed by atoms with Crippen LogP contribution in [0.2, 0.25) is 0 Å². The minimum Gasteiger partial charge on any atom is -0.487 e. The van der Waals surface area contributed by atoms with Crippen molar-refractivity contribution in [2.45, 2.75) is 112 Å². The van der Waals surface area contributed by atoms with Crippen molar-refractivity contribution in [2.24, 2.45) is 0 Å². The van der Waals surface area contributed by atoms with Crippen LogP contribution in [-0.4, -0.2) is 23.3 Å². The van der Waals surface area contributed by atoms with E-state index in [2.05, 4.69) is 52.8 Å². The highest BCUT2D eigenvalue weighted by Crippen LogP contribution is 2.44. The summed E-state index contributed by atoms with van der Waals surface area (Å²) in [6.07, 6.45) is 15.4. The molecule has 1 aliphatic heterocycles. The van der Waals surface area contributed by atoms with E-state index < -0.39 is 5.97 Å². The van der Waals surface area contributed by atoms with Crippen LogP contribution >= 0.6 is 0 Å². The van der Waals surface area contributed by atoms with E-state index in [4.69, 9.17) is 14.6 Å². The van der Waals surface area contributed by atoms with Gasteiger partial charge in [0.05, 0.1) is 0 Å². The van der Waals surface area contributed by atoms with Crippen molar-refractivity contribution in [3.8, 4) is 11.5 Å². The molecule has 0 radical (unpaired) electrons. The number of ether oxygens (including phenoxy) is 2. The standard InChI is InChI=1S/C31H46O4/c1-21(2)12-9-13-22(3)14-10-15-23(4)16-11-18-31(8)19-17-27-26(7)29(34-20-28(32)33)24(5)25(6)30(27)35-31/h12,14,16H,9-11,13,15,17-20H2,1-8H3,(H,32,33)/b22-14+,23-16+. The smallest absolute Gasteiger partial charge is 0.341 e. The molecule has 2 rings (SSSR count). The van der Waals surface area contributed by atoms with E-state index in [-0.39, 0.29) is 12.2 Å². The molecule has 0 bridgehead atoms. The molecule has 1 atom stereocenters. The molecule has 1 aliphatic rings. The summed E-state index contributed by atoms with van der Waals surface area (Å²) in [5.74, 6) is 0.693. The van der Waals surface area contributed by atoms with Crippen LogP contribution in [0.15, 0.2) is 34.9 Å². The minimum absolute atomic E-state index is 0.196. The highest BCUT2D eigenvalue weighted by molar-refractivity contribution is 5.69. The van der Waals surface area contributed by atoms with Gasteiger partial charge in [-0.05, 0) is 123 Å². The molecule has 1 aromatic carbocycles. The zero-order valence-electron chi connectivity index (χ0n) is 23.3. The summed E-state index contributed by atoms with van der Waals surface area (Å²) in [5, 5.41) is 9.01. The van der Waals surface area contributed by atoms with Crippen molar-refractivity contribution in [1.82, 2.24) is 0 Å². The molecular weight excluding hydrogens is 436 g/mol. The Morgan fingerprint density at radius 1 is 0.943 bits per heavy atom. The average Bonchev–Trinajstić information content (AvgIpc) is 2.77. The molecule has 4 heteroatoms. The van der Waals surface area contributed by atoms with E-state index in [1.54, 1.807) is 0 Å². The Kier molecular flexibility index (Phi) is 10.7. The topological polar surface area (TPSA) is 55.8 Å². The molecule has 1 N–H and O–H groups in total. The summed E-state index contributed by atoms with van der Waals surface area (Å²) < 4.78 is 12.3. The van der Waals surface area contributed by atoms with Crippen LogP contribution in [-0.2, 0) is 11.2 Å². The first-order valence-corrected chi connectivity index (χ1v) is 13.0. The number of carboxylic acid groups (broad SMARTS) is 1. The van der Waals surface area contributed by atoms with E-state index in [1.807, 2.05) is 20.8 Å². The Labute approximate surface area is 213 Å². The van der Waals surface area contributed by atoms with E-state index in [0.29, 0.717) is 5.75 Å². The number of hydrogen-bond acceptors (Lipinski definition) is 3. The molecule has 1 unspecified atom stereocenters. The van der Waals surface area contributed by atoms with Gasteiger partial charge in [-0.2, -0.15) is 0 Å². The Morgan fingerprint density at radius 3 is 2.14 bits per heavy atom. The Morgan fingerprint density at radius 2 is 1.54 bits per heavy atom. The SMILES string of the molecule is CC(C)=CCC/C(C)=C/CC/C(C)=C/CCC1(C)CCc2c(C)c(OCC(=O)O)c(C)c(C)c2O1. The van der Waals surface area contributed by atoms with E-state index in [0.717, 1.165) is 79.4 Å². The number of allylic oxidation sites excluding steroid dienone is 6.